The second kappa shape index (κ2) is 13.2. The standard InChI is InChI=1S/C25H34N4O5/c1-25(2,3)34-24(33)28-16-19(15-18-9-5-4-6-10-18)12-13-21(29-23(31)32)22(30)27-17-20-11-7-8-14-26-20/h4-11,14,19,21,29H,12-13,15-17H2,1-3H3,(H,27,30)(H,28,33)(H,31,32). The first-order valence-corrected chi connectivity index (χ1v) is 11.3. The molecule has 0 saturated carbocycles. The number of amides is 3. The van der Waals surface area contributed by atoms with Crippen molar-refractivity contribution >= 4 is 18.1 Å². The number of carbonyl (C=O) groups excluding carboxylic acids is 2. The van der Waals surface area contributed by atoms with Crippen LogP contribution in [0.25, 0.3) is 0 Å². The van der Waals surface area contributed by atoms with E-state index in [4.69, 9.17) is 4.74 Å². The van der Waals surface area contributed by atoms with Crippen molar-refractivity contribution in [2.45, 2.75) is 58.2 Å². The van der Waals surface area contributed by atoms with E-state index in [1.807, 2.05) is 36.4 Å². The van der Waals surface area contributed by atoms with Crippen LogP contribution in [0.15, 0.2) is 54.7 Å². The Hall–Kier alpha value is -3.62. The fourth-order valence-electron chi connectivity index (χ4n) is 3.39. The number of alkyl carbamates (subject to hydrolysis) is 1. The Morgan fingerprint density at radius 2 is 1.71 bits per heavy atom. The molecule has 0 bridgehead atoms. The van der Waals surface area contributed by atoms with Crippen molar-refractivity contribution in [3.63, 3.8) is 0 Å². The molecule has 0 spiro atoms. The maximum Gasteiger partial charge on any atom is 0.407 e. The molecule has 2 unspecified atom stereocenters. The van der Waals surface area contributed by atoms with Gasteiger partial charge in [-0.15, -0.1) is 0 Å². The maximum absolute atomic E-state index is 12.7. The van der Waals surface area contributed by atoms with E-state index >= 15 is 0 Å². The lowest BCUT2D eigenvalue weighted by atomic mass is 9.92. The lowest BCUT2D eigenvalue weighted by molar-refractivity contribution is -0.123. The highest BCUT2D eigenvalue weighted by Crippen LogP contribution is 2.16. The molecule has 0 aliphatic rings. The first-order valence-electron chi connectivity index (χ1n) is 11.3. The Labute approximate surface area is 200 Å². The van der Waals surface area contributed by atoms with E-state index in [0.717, 1.165) is 5.56 Å². The van der Waals surface area contributed by atoms with Crippen LogP contribution in [0.5, 0.6) is 0 Å². The Morgan fingerprint density at radius 3 is 2.32 bits per heavy atom. The fraction of sp³-hybridized carbons (Fsp3) is 0.440. The molecule has 0 aliphatic carbocycles. The van der Waals surface area contributed by atoms with E-state index < -0.39 is 29.7 Å². The molecular formula is C25H34N4O5. The molecule has 0 fully saturated rings. The molecule has 0 radical (unpaired) electrons. The third-order valence-corrected chi connectivity index (χ3v) is 4.95. The van der Waals surface area contributed by atoms with Gasteiger partial charge in [-0.1, -0.05) is 36.4 Å². The Kier molecular flexibility index (Phi) is 10.3. The number of hydrogen-bond donors (Lipinski definition) is 4. The van der Waals surface area contributed by atoms with Gasteiger partial charge >= 0.3 is 12.2 Å². The molecule has 1 aromatic carbocycles. The van der Waals surface area contributed by atoms with Crippen LogP contribution in [0.4, 0.5) is 9.59 Å². The number of carbonyl (C=O) groups is 3. The largest absolute Gasteiger partial charge is 0.465 e. The van der Waals surface area contributed by atoms with Crippen LogP contribution in [0, 0.1) is 5.92 Å². The summed E-state index contributed by atoms with van der Waals surface area (Å²) in [5, 5.41) is 17.1. The molecule has 34 heavy (non-hydrogen) atoms. The summed E-state index contributed by atoms with van der Waals surface area (Å²) in [5.74, 6) is -0.455. The predicted octanol–water partition coefficient (Wildman–Crippen LogP) is 3.50. The van der Waals surface area contributed by atoms with Gasteiger partial charge in [-0.25, -0.2) is 9.59 Å². The van der Waals surface area contributed by atoms with Crippen LogP contribution in [0.3, 0.4) is 0 Å². The summed E-state index contributed by atoms with van der Waals surface area (Å²) in [6.45, 7) is 5.91. The predicted molar refractivity (Wildman–Crippen MR) is 128 cm³/mol. The van der Waals surface area contributed by atoms with Gasteiger partial charge in [-0.3, -0.25) is 9.78 Å². The van der Waals surface area contributed by atoms with Crippen LogP contribution < -0.4 is 16.0 Å². The maximum atomic E-state index is 12.7. The summed E-state index contributed by atoms with van der Waals surface area (Å²) in [4.78, 5) is 40.3. The molecule has 2 atom stereocenters. The lowest BCUT2D eigenvalue weighted by Crippen LogP contribution is -2.46. The van der Waals surface area contributed by atoms with Crippen LogP contribution in [-0.4, -0.2) is 46.4 Å². The Bertz CT molecular complexity index is 916. The number of nitrogens with zero attached hydrogens (tertiary/aromatic N) is 1. The molecule has 9 nitrogen and oxygen atoms in total. The molecule has 0 saturated heterocycles. The van der Waals surface area contributed by atoms with E-state index in [1.165, 1.54) is 0 Å². The minimum Gasteiger partial charge on any atom is -0.465 e. The first-order chi connectivity index (χ1) is 16.1. The van der Waals surface area contributed by atoms with Crippen molar-refractivity contribution in [3.05, 3.63) is 66.0 Å². The number of rotatable bonds is 11. The van der Waals surface area contributed by atoms with Crippen LogP contribution in [0.2, 0.25) is 0 Å². The molecule has 2 rings (SSSR count). The smallest absolute Gasteiger partial charge is 0.407 e. The second-order valence-electron chi connectivity index (χ2n) is 9.06. The Morgan fingerprint density at radius 1 is 1.00 bits per heavy atom. The minimum absolute atomic E-state index is 0.0309. The van der Waals surface area contributed by atoms with Crippen molar-refractivity contribution in [1.82, 2.24) is 20.9 Å². The molecule has 4 N–H and O–H groups in total. The normalized spacial score (nSPS) is 12.8. The molecule has 3 amide bonds. The number of ether oxygens (including phenoxy) is 1. The fourth-order valence-corrected chi connectivity index (χ4v) is 3.39. The van der Waals surface area contributed by atoms with E-state index in [9.17, 15) is 19.5 Å². The summed E-state index contributed by atoms with van der Waals surface area (Å²) < 4.78 is 5.32. The van der Waals surface area contributed by atoms with Gasteiger partial charge in [-0.2, -0.15) is 0 Å². The topological polar surface area (TPSA) is 130 Å². The summed E-state index contributed by atoms with van der Waals surface area (Å²) in [5.41, 5.74) is 1.15. The molecule has 9 heteroatoms. The highest BCUT2D eigenvalue weighted by Gasteiger charge is 2.23. The van der Waals surface area contributed by atoms with E-state index in [2.05, 4.69) is 20.9 Å². The molecule has 0 aliphatic heterocycles. The number of hydrogen-bond acceptors (Lipinski definition) is 5. The van der Waals surface area contributed by atoms with Crippen molar-refractivity contribution < 1.29 is 24.2 Å². The third kappa shape index (κ3) is 10.8. The Balaban J connectivity index is 2.00. The highest BCUT2D eigenvalue weighted by molar-refractivity contribution is 5.85. The zero-order valence-corrected chi connectivity index (χ0v) is 19.9. The number of pyridine rings is 1. The average molecular weight is 471 g/mol. The molecule has 2 aromatic rings. The van der Waals surface area contributed by atoms with Gasteiger partial charge in [0.25, 0.3) is 0 Å². The van der Waals surface area contributed by atoms with Crippen molar-refractivity contribution in [2.24, 2.45) is 5.92 Å². The minimum atomic E-state index is -1.27. The highest BCUT2D eigenvalue weighted by atomic mass is 16.6. The molecule has 184 valence electrons. The van der Waals surface area contributed by atoms with E-state index in [0.29, 0.717) is 25.1 Å². The third-order valence-electron chi connectivity index (χ3n) is 4.95. The summed E-state index contributed by atoms with van der Waals surface area (Å²) in [6, 6.07) is 14.2. The van der Waals surface area contributed by atoms with Gasteiger partial charge in [-0.05, 0) is 63.6 Å². The second-order valence-corrected chi connectivity index (χ2v) is 9.06. The van der Waals surface area contributed by atoms with Crippen molar-refractivity contribution in [1.29, 1.82) is 0 Å². The van der Waals surface area contributed by atoms with Gasteiger partial charge in [0, 0.05) is 12.7 Å². The SMILES string of the molecule is CC(C)(C)OC(=O)NCC(CCC(NC(=O)O)C(=O)NCc1ccccn1)Cc1ccccc1. The number of benzene rings is 1. The van der Waals surface area contributed by atoms with Gasteiger partial charge in [0.15, 0.2) is 0 Å². The van der Waals surface area contributed by atoms with Crippen LogP contribution in [0.1, 0.15) is 44.9 Å². The summed E-state index contributed by atoms with van der Waals surface area (Å²) in [7, 11) is 0. The van der Waals surface area contributed by atoms with Crippen molar-refractivity contribution in [2.75, 3.05) is 6.54 Å². The van der Waals surface area contributed by atoms with Gasteiger partial charge in [0.1, 0.15) is 11.6 Å². The monoisotopic (exact) mass is 470 g/mol. The van der Waals surface area contributed by atoms with Crippen molar-refractivity contribution in [3.8, 4) is 0 Å². The zero-order chi connectivity index (χ0) is 25.0. The first kappa shape index (κ1) is 26.6. The van der Waals surface area contributed by atoms with Gasteiger partial charge < -0.3 is 25.8 Å². The lowest BCUT2D eigenvalue weighted by Gasteiger charge is -2.23. The quantitative estimate of drug-likeness (QED) is 0.398. The number of nitrogens with one attached hydrogen (secondary N) is 3. The van der Waals surface area contributed by atoms with Gasteiger partial charge in [0.05, 0.1) is 12.2 Å². The summed E-state index contributed by atoms with van der Waals surface area (Å²) in [6.07, 6.45) is 1.27. The van der Waals surface area contributed by atoms with Crippen LogP contribution in [-0.2, 0) is 22.5 Å². The van der Waals surface area contributed by atoms with E-state index in [1.54, 1.807) is 39.1 Å². The molecule has 1 aromatic heterocycles. The molecular weight excluding hydrogens is 436 g/mol. The number of carboxylic acid groups (broad SMARTS) is 1. The zero-order valence-electron chi connectivity index (χ0n) is 19.9. The average Bonchev–Trinajstić information content (AvgIpc) is 2.78. The molecule has 1 heterocycles. The summed E-state index contributed by atoms with van der Waals surface area (Å²) >= 11 is 0. The van der Waals surface area contributed by atoms with Crippen LogP contribution >= 0.6 is 0 Å². The van der Waals surface area contributed by atoms with Gasteiger partial charge in [0.2, 0.25) is 5.91 Å². The van der Waals surface area contributed by atoms with E-state index in [-0.39, 0.29) is 18.9 Å². The number of aromatic nitrogens is 1.